The van der Waals surface area contributed by atoms with E-state index in [0.29, 0.717) is 11.2 Å². The van der Waals surface area contributed by atoms with Crippen LogP contribution in [0.2, 0.25) is 0 Å². The van der Waals surface area contributed by atoms with E-state index in [4.69, 9.17) is 12.2 Å². The number of nitrogens with zero attached hydrogens (tertiary/aromatic N) is 1. The van der Waals surface area contributed by atoms with Gasteiger partial charge in [-0.15, -0.1) is 0 Å². The van der Waals surface area contributed by atoms with Crippen molar-refractivity contribution in [3.8, 4) is 0 Å². The van der Waals surface area contributed by atoms with Gasteiger partial charge in [0.15, 0.2) is 0 Å². The molecule has 0 aromatic carbocycles. The van der Waals surface area contributed by atoms with Gasteiger partial charge in [-0.1, -0.05) is 24.0 Å². The van der Waals surface area contributed by atoms with Crippen molar-refractivity contribution in [3.63, 3.8) is 0 Å². The van der Waals surface area contributed by atoms with Crippen molar-refractivity contribution >= 4 is 34.2 Å². The maximum atomic E-state index is 12.2. The largest absolute Gasteiger partial charge is 0.358 e. The van der Waals surface area contributed by atoms with Crippen LogP contribution < -0.4 is 5.32 Å². The van der Waals surface area contributed by atoms with Crippen LogP contribution in [0.1, 0.15) is 51.4 Å². The van der Waals surface area contributed by atoms with Crippen molar-refractivity contribution in [3.05, 3.63) is 0 Å². The molecule has 0 aromatic heterocycles. The van der Waals surface area contributed by atoms with Gasteiger partial charge in [0.05, 0.1) is 5.75 Å². The lowest BCUT2D eigenvalue weighted by Gasteiger charge is -2.56. The summed E-state index contributed by atoms with van der Waals surface area (Å²) in [5.74, 6) is 3.52. The Balaban J connectivity index is 1.23. The average Bonchev–Trinajstić information content (AvgIpc) is 3.04. The van der Waals surface area contributed by atoms with Crippen molar-refractivity contribution in [2.45, 2.75) is 51.4 Å². The molecule has 1 heterocycles. The maximum Gasteiger partial charge on any atom is 0.230 e. The molecule has 1 aliphatic heterocycles. The number of hydrogen-bond donors (Lipinski definition) is 1. The third-order valence-electron chi connectivity index (χ3n) is 6.52. The van der Waals surface area contributed by atoms with Crippen LogP contribution in [0.15, 0.2) is 0 Å². The first-order valence-electron chi connectivity index (χ1n) is 9.30. The highest BCUT2D eigenvalue weighted by molar-refractivity contribution is 8.23. The maximum absolute atomic E-state index is 12.2. The van der Waals surface area contributed by atoms with Gasteiger partial charge in [-0.25, -0.2) is 0 Å². The first kappa shape index (κ1) is 16.2. The van der Waals surface area contributed by atoms with E-state index in [-0.39, 0.29) is 5.91 Å². The van der Waals surface area contributed by atoms with Gasteiger partial charge < -0.3 is 10.2 Å². The Morgan fingerprint density at radius 2 is 1.65 bits per heavy atom. The lowest BCUT2D eigenvalue weighted by Crippen LogP contribution is -2.51. The molecule has 4 aliphatic carbocycles. The molecule has 0 radical (unpaired) electrons. The fourth-order valence-corrected chi connectivity index (χ4v) is 7.04. The molecule has 5 aliphatic rings. The second-order valence-electron chi connectivity index (χ2n) is 8.44. The molecular formula is C18H28N2OS2. The van der Waals surface area contributed by atoms with E-state index < -0.39 is 0 Å². The van der Waals surface area contributed by atoms with E-state index in [0.717, 1.165) is 41.7 Å². The van der Waals surface area contributed by atoms with Crippen molar-refractivity contribution in [2.75, 3.05) is 25.4 Å². The van der Waals surface area contributed by atoms with Gasteiger partial charge in [0.25, 0.3) is 0 Å². The second kappa shape index (κ2) is 6.55. The number of nitrogens with one attached hydrogen (secondary N) is 1. The van der Waals surface area contributed by atoms with Crippen LogP contribution in [0.25, 0.3) is 0 Å². The Morgan fingerprint density at radius 1 is 1.09 bits per heavy atom. The summed E-state index contributed by atoms with van der Waals surface area (Å²) in [5, 5.41) is 3.25. The molecule has 23 heavy (non-hydrogen) atoms. The Hall–Kier alpha value is -0.290. The van der Waals surface area contributed by atoms with Crippen LogP contribution in [0.4, 0.5) is 0 Å². The minimum absolute atomic E-state index is 0.173. The molecule has 0 atom stereocenters. The first-order chi connectivity index (χ1) is 11.1. The monoisotopic (exact) mass is 352 g/mol. The lowest BCUT2D eigenvalue weighted by atomic mass is 9.49. The normalized spacial score (nSPS) is 38.1. The highest BCUT2D eigenvalue weighted by Gasteiger charge is 2.50. The molecule has 4 saturated carbocycles. The number of thioether (sulfide) groups is 1. The zero-order chi connectivity index (χ0) is 15.9. The van der Waals surface area contributed by atoms with E-state index in [1.165, 1.54) is 51.4 Å². The summed E-state index contributed by atoms with van der Waals surface area (Å²) < 4.78 is 0.910. The molecule has 1 N–H and O–H groups in total. The predicted octanol–water partition coefficient (Wildman–Crippen LogP) is 3.43. The van der Waals surface area contributed by atoms with Crippen molar-refractivity contribution in [2.24, 2.45) is 23.2 Å². The minimum Gasteiger partial charge on any atom is -0.358 e. The van der Waals surface area contributed by atoms with Gasteiger partial charge in [-0.3, -0.25) is 4.79 Å². The Kier molecular flexibility index (Phi) is 4.61. The van der Waals surface area contributed by atoms with E-state index in [9.17, 15) is 4.79 Å². The average molecular weight is 353 g/mol. The van der Waals surface area contributed by atoms with Crippen LogP contribution in [0.3, 0.4) is 0 Å². The summed E-state index contributed by atoms with van der Waals surface area (Å²) in [4.78, 5) is 14.5. The summed E-state index contributed by atoms with van der Waals surface area (Å²) >= 11 is 6.99. The van der Waals surface area contributed by atoms with Crippen LogP contribution in [0, 0.1) is 23.2 Å². The van der Waals surface area contributed by atoms with Gasteiger partial charge >= 0.3 is 0 Å². The molecule has 3 nitrogen and oxygen atoms in total. The summed E-state index contributed by atoms with van der Waals surface area (Å²) in [6.45, 7) is 3.05. The van der Waals surface area contributed by atoms with E-state index in [1.807, 2.05) is 0 Å². The van der Waals surface area contributed by atoms with E-state index in [1.54, 1.807) is 11.8 Å². The smallest absolute Gasteiger partial charge is 0.230 e. The Bertz CT molecular complexity index is 452. The molecular weight excluding hydrogens is 324 g/mol. The molecule has 4 bridgehead atoms. The third-order valence-corrected chi connectivity index (χ3v) is 8.04. The number of likely N-dealkylation sites (tertiary alicyclic amines) is 1. The molecule has 0 unspecified atom stereocenters. The second-order valence-corrected chi connectivity index (χ2v) is 10.1. The molecule has 0 aromatic rings. The van der Waals surface area contributed by atoms with Gasteiger partial charge in [-0.05, 0) is 74.5 Å². The number of rotatable bonds is 4. The van der Waals surface area contributed by atoms with Crippen molar-refractivity contribution in [1.82, 2.24) is 10.2 Å². The van der Waals surface area contributed by atoms with Crippen LogP contribution in [-0.4, -0.2) is 40.5 Å². The predicted molar refractivity (Wildman–Crippen MR) is 99.5 cm³/mol. The summed E-state index contributed by atoms with van der Waals surface area (Å²) in [7, 11) is 0. The summed E-state index contributed by atoms with van der Waals surface area (Å²) in [6, 6.07) is 0. The van der Waals surface area contributed by atoms with E-state index in [2.05, 4.69) is 10.2 Å². The van der Waals surface area contributed by atoms with Gasteiger partial charge in [-0.2, -0.15) is 0 Å². The molecule has 0 spiro atoms. The highest BCUT2D eigenvalue weighted by Crippen LogP contribution is 2.59. The number of amides is 1. The SMILES string of the molecule is O=C(CSC(=S)N1CCCC1)NCC12CC3CC(CC(C3)C1)C2. The van der Waals surface area contributed by atoms with Crippen LogP contribution in [-0.2, 0) is 4.79 Å². The van der Waals surface area contributed by atoms with Gasteiger partial charge in [0, 0.05) is 19.6 Å². The fraction of sp³-hybridized carbons (Fsp3) is 0.889. The molecule has 5 rings (SSSR count). The van der Waals surface area contributed by atoms with Crippen molar-refractivity contribution < 1.29 is 4.79 Å². The molecule has 5 fully saturated rings. The number of hydrogen-bond acceptors (Lipinski definition) is 3. The molecule has 5 heteroatoms. The van der Waals surface area contributed by atoms with Crippen molar-refractivity contribution in [1.29, 1.82) is 0 Å². The lowest BCUT2D eigenvalue weighted by molar-refractivity contribution is -0.120. The topological polar surface area (TPSA) is 32.3 Å². The zero-order valence-corrected chi connectivity index (χ0v) is 15.5. The third kappa shape index (κ3) is 3.55. The highest BCUT2D eigenvalue weighted by atomic mass is 32.2. The minimum atomic E-state index is 0.173. The standard InChI is InChI=1S/C18H28N2OS2/c21-16(11-23-17(22)20-3-1-2-4-20)19-12-18-8-13-5-14(9-18)7-15(6-13)10-18/h13-15H,1-12H2,(H,19,21). The number of thiocarbonyl (C=S) groups is 1. The molecule has 1 saturated heterocycles. The van der Waals surface area contributed by atoms with Crippen LogP contribution in [0.5, 0.6) is 0 Å². The summed E-state index contributed by atoms with van der Waals surface area (Å²) in [6.07, 6.45) is 10.9. The Morgan fingerprint density at radius 3 is 2.22 bits per heavy atom. The number of carbonyl (C=O) groups is 1. The fourth-order valence-electron chi connectivity index (χ4n) is 5.96. The number of carbonyl (C=O) groups excluding carboxylic acids is 1. The van der Waals surface area contributed by atoms with Crippen LogP contribution >= 0.6 is 24.0 Å². The molecule has 1 amide bonds. The van der Waals surface area contributed by atoms with E-state index >= 15 is 0 Å². The summed E-state index contributed by atoms with van der Waals surface area (Å²) in [5.41, 5.74) is 0.435. The van der Waals surface area contributed by atoms with Gasteiger partial charge in [0.2, 0.25) is 5.91 Å². The molecule has 128 valence electrons. The zero-order valence-electron chi connectivity index (χ0n) is 13.9. The Labute approximate surface area is 149 Å². The van der Waals surface area contributed by atoms with Gasteiger partial charge in [0.1, 0.15) is 4.32 Å². The first-order valence-corrected chi connectivity index (χ1v) is 10.7. The quantitative estimate of drug-likeness (QED) is 0.786.